The number of thiazole rings is 1. The Morgan fingerprint density at radius 2 is 2.16 bits per heavy atom. The molecule has 104 valence electrons. The van der Waals surface area contributed by atoms with Gasteiger partial charge in [-0.05, 0) is 18.8 Å². The van der Waals surface area contributed by atoms with E-state index in [1.54, 1.807) is 11.3 Å². The molecule has 0 unspecified atom stereocenters. The SMILES string of the molecule is CCC1CN(Cc2nc(C(=O)N3CCCC3)cs2)C1. The summed E-state index contributed by atoms with van der Waals surface area (Å²) in [4.78, 5) is 21.0. The molecule has 3 rings (SSSR count). The van der Waals surface area contributed by atoms with Gasteiger partial charge in [-0.3, -0.25) is 9.69 Å². The summed E-state index contributed by atoms with van der Waals surface area (Å²) < 4.78 is 0. The Morgan fingerprint density at radius 1 is 1.42 bits per heavy atom. The van der Waals surface area contributed by atoms with Crippen molar-refractivity contribution in [3.63, 3.8) is 0 Å². The first-order valence-electron chi connectivity index (χ1n) is 7.22. The summed E-state index contributed by atoms with van der Waals surface area (Å²) in [6.45, 7) is 7.33. The first kappa shape index (κ1) is 13.1. The molecule has 2 fully saturated rings. The second kappa shape index (κ2) is 5.59. The van der Waals surface area contributed by atoms with Crippen molar-refractivity contribution in [1.82, 2.24) is 14.8 Å². The molecule has 0 saturated carbocycles. The molecule has 0 aromatic carbocycles. The Balaban J connectivity index is 1.55. The smallest absolute Gasteiger partial charge is 0.273 e. The van der Waals surface area contributed by atoms with Crippen LogP contribution in [0.3, 0.4) is 0 Å². The Morgan fingerprint density at radius 3 is 2.84 bits per heavy atom. The third-order valence-corrected chi connectivity index (χ3v) is 4.97. The number of carbonyl (C=O) groups is 1. The van der Waals surface area contributed by atoms with Gasteiger partial charge < -0.3 is 4.90 Å². The van der Waals surface area contributed by atoms with Crippen LogP contribution in [0.1, 0.15) is 41.7 Å². The number of rotatable bonds is 4. The summed E-state index contributed by atoms with van der Waals surface area (Å²) in [5.74, 6) is 0.987. The number of hydrogen-bond donors (Lipinski definition) is 0. The quantitative estimate of drug-likeness (QED) is 0.848. The number of carbonyl (C=O) groups excluding carboxylic acids is 1. The van der Waals surface area contributed by atoms with Crippen LogP contribution in [-0.2, 0) is 6.54 Å². The fourth-order valence-electron chi connectivity index (χ4n) is 2.82. The molecule has 0 radical (unpaired) electrons. The topological polar surface area (TPSA) is 36.4 Å². The molecule has 4 nitrogen and oxygen atoms in total. The summed E-state index contributed by atoms with van der Waals surface area (Å²) in [6, 6.07) is 0. The van der Waals surface area contributed by atoms with Gasteiger partial charge in [0.15, 0.2) is 0 Å². The Bertz CT molecular complexity index is 447. The Labute approximate surface area is 118 Å². The van der Waals surface area contributed by atoms with Crippen molar-refractivity contribution in [3.05, 3.63) is 16.1 Å². The van der Waals surface area contributed by atoms with Crippen molar-refractivity contribution in [1.29, 1.82) is 0 Å². The van der Waals surface area contributed by atoms with E-state index in [9.17, 15) is 4.79 Å². The minimum atomic E-state index is 0.120. The minimum Gasteiger partial charge on any atom is -0.337 e. The second-order valence-corrected chi connectivity index (χ2v) is 6.54. The van der Waals surface area contributed by atoms with E-state index in [-0.39, 0.29) is 5.91 Å². The maximum absolute atomic E-state index is 12.2. The molecule has 3 heterocycles. The predicted molar refractivity (Wildman–Crippen MR) is 76.3 cm³/mol. The maximum Gasteiger partial charge on any atom is 0.273 e. The highest BCUT2D eigenvalue weighted by Crippen LogP contribution is 2.23. The lowest BCUT2D eigenvalue weighted by atomic mass is 9.98. The lowest BCUT2D eigenvalue weighted by Crippen LogP contribution is -2.45. The highest BCUT2D eigenvalue weighted by molar-refractivity contribution is 7.09. The maximum atomic E-state index is 12.2. The lowest BCUT2D eigenvalue weighted by Gasteiger charge is -2.38. The highest BCUT2D eigenvalue weighted by Gasteiger charge is 2.26. The number of amides is 1. The first-order chi connectivity index (χ1) is 9.26. The van der Waals surface area contributed by atoms with Crippen LogP contribution in [0, 0.1) is 5.92 Å². The largest absolute Gasteiger partial charge is 0.337 e. The van der Waals surface area contributed by atoms with E-state index in [1.807, 2.05) is 10.3 Å². The number of nitrogens with zero attached hydrogens (tertiary/aromatic N) is 3. The van der Waals surface area contributed by atoms with E-state index >= 15 is 0 Å². The summed E-state index contributed by atoms with van der Waals surface area (Å²) in [5.41, 5.74) is 0.648. The number of aromatic nitrogens is 1. The van der Waals surface area contributed by atoms with E-state index < -0.39 is 0 Å². The summed E-state index contributed by atoms with van der Waals surface area (Å²) in [6.07, 6.45) is 3.54. The van der Waals surface area contributed by atoms with E-state index in [2.05, 4.69) is 16.8 Å². The minimum absolute atomic E-state index is 0.120. The van der Waals surface area contributed by atoms with Gasteiger partial charge in [-0.1, -0.05) is 13.3 Å². The molecule has 5 heteroatoms. The molecule has 0 atom stereocenters. The molecule has 0 aliphatic carbocycles. The standard InChI is InChI=1S/C14H21N3OS/c1-2-11-7-16(8-11)9-13-15-12(10-19-13)14(18)17-5-3-4-6-17/h10-11H,2-9H2,1H3. The predicted octanol–water partition coefficient (Wildman–Crippen LogP) is 2.22. The van der Waals surface area contributed by atoms with Crippen LogP contribution in [-0.4, -0.2) is 46.9 Å². The zero-order valence-electron chi connectivity index (χ0n) is 11.5. The van der Waals surface area contributed by atoms with Crippen LogP contribution in [0.25, 0.3) is 0 Å². The van der Waals surface area contributed by atoms with Crippen LogP contribution < -0.4 is 0 Å². The lowest BCUT2D eigenvalue weighted by molar-refractivity contribution is 0.0784. The molecule has 1 aromatic heterocycles. The van der Waals surface area contributed by atoms with Gasteiger partial charge in [0.1, 0.15) is 10.7 Å². The van der Waals surface area contributed by atoms with Gasteiger partial charge >= 0.3 is 0 Å². The molecule has 2 aliphatic heterocycles. The Hall–Kier alpha value is -0.940. The zero-order valence-corrected chi connectivity index (χ0v) is 12.3. The van der Waals surface area contributed by atoms with E-state index in [0.717, 1.165) is 43.4 Å². The molecular weight excluding hydrogens is 258 g/mol. The summed E-state index contributed by atoms with van der Waals surface area (Å²) in [7, 11) is 0. The van der Waals surface area contributed by atoms with Gasteiger partial charge in [-0.2, -0.15) is 0 Å². The van der Waals surface area contributed by atoms with Crippen LogP contribution in [0.2, 0.25) is 0 Å². The van der Waals surface area contributed by atoms with Crippen LogP contribution in [0.4, 0.5) is 0 Å². The monoisotopic (exact) mass is 279 g/mol. The molecule has 2 aliphatic rings. The van der Waals surface area contributed by atoms with Crippen molar-refractivity contribution in [2.45, 2.75) is 32.7 Å². The van der Waals surface area contributed by atoms with Gasteiger partial charge in [-0.25, -0.2) is 4.98 Å². The molecular formula is C14H21N3OS. The van der Waals surface area contributed by atoms with Crippen molar-refractivity contribution in [3.8, 4) is 0 Å². The van der Waals surface area contributed by atoms with Gasteiger partial charge in [-0.15, -0.1) is 11.3 Å². The van der Waals surface area contributed by atoms with E-state index in [0.29, 0.717) is 5.69 Å². The molecule has 1 amide bonds. The number of hydrogen-bond acceptors (Lipinski definition) is 4. The van der Waals surface area contributed by atoms with Gasteiger partial charge in [0.2, 0.25) is 0 Å². The second-order valence-electron chi connectivity index (χ2n) is 5.59. The van der Waals surface area contributed by atoms with Gasteiger partial charge in [0, 0.05) is 31.6 Å². The molecule has 1 aromatic rings. The third kappa shape index (κ3) is 2.82. The molecule has 0 spiro atoms. The van der Waals surface area contributed by atoms with Crippen molar-refractivity contribution < 1.29 is 4.79 Å². The van der Waals surface area contributed by atoms with Crippen LogP contribution in [0.5, 0.6) is 0 Å². The average molecular weight is 279 g/mol. The van der Waals surface area contributed by atoms with E-state index in [1.165, 1.54) is 19.5 Å². The summed E-state index contributed by atoms with van der Waals surface area (Å²) in [5, 5.41) is 3.00. The average Bonchev–Trinajstić information content (AvgIpc) is 3.03. The number of likely N-dealkylation sites (tertiary alicyclic amines) is 2. The fourth-order valence-corrected chi connectivity index (χ4v) is 3.63. The molecule has 0 N–H and O–H groups in total. The molecule has 2 saturated heterocycles. The van der Waals surface area contributed by atoms with Crippen LogP contribution in [0.15, 0.2) is 5.38 Å². The van der Waals surface area contributed by atoms with Crippen molar-refractivity contribution in [2.75, 3.05) is 26.2 Å². The zero-order chi connectivity index (χ0) is 13.2. The third-order valence-electron chi connectivity index (χ3n) is 4.13. The summed E-state index contributed by atoms with van der Waals surface area (Å²) >= 11 is 1.62. The van der Waals surface area contributed by atoms with Gasteiger partial charge in [0.25, 0.3) is 5.91 Å². The molecule has 0 bridgehead atoms. The fraction of sp³-hybridized carbons (Fsp3) is 0.714. The van der Waals surface area contributed by atoms with Crippen molar-refractivity contribution in [2.24, 2.45) is 5.92 Å². The van der Waals surface area contributed by atoms with Crippen LogP contribution >= 0.6 is 11.3 Å². The first-order valence-corrected chi connectivity index (χ1v) is 8.10. The highest BCUT2D eigenvalue weighted by atomic mass is 32.1. The molecule has 19 heavy (non-hydrogen) atoms. The van der Waals surface area contributed by atoms with E-state index in [4.69, 9.17) is 0 Å². The normalized spacial score (nSPS) is 20.8. The van der Waals surface area contributed by atoms with Gasteiger partial charge in [0.05, 0.1) is 6.54 Å². The van der Waals surface area contributed by atoms with Crippen molar-refractivity contribution >= 4 is 17.2 Å². The Kier molecular flexibility index (Phi) is 3.84.